The van der Waals surface area contributed by atoms with Gasteiger partial charge in [-0.1, -0.05) is 0 Å². The maximum atomic E-state index is 12.2. The number of nitrogens with zero attached hydrogens (tertiary/aromatic N) is 3. The predicted molar refractivity (Wildman–Crippen MR) is 117 cm³/mol. The van der Waals surface area contributed by atoms with E-state index >= 15 is 0 Å². The topological polar surface area (TPSA) is 83.2 Å². The van der Waals surface area contributed by atoms with Crippen LogP contribution in [0.15, 0.2) is 29.3 Å². The van der Waals surface area contributed by atoms with Crippen LogP contribution in [0.2, 0.25) is 0 Å². The average Bonchev–Trinajstić information content (AvgIpc) is 3.07. The molecule has 1 aliphatic heterocycles. The standard InChI is InChI=1S/C18H26F3N5O2.HI/c1-25(2)16(27)15-5-3-11-26(15)12-4-10-23-17(22)24-13-6-8-14(9-7-13)28-18(19,20)21;/h6-9,15H,3-5,10-12H2,1-2H3,(H3,22,23,24);1H. The number of likely N-dealkylation sites (tertiary alicyclic amines) is 1. The van der Waals surface area contributed by atoms with Crippen molar-refractivity contribution >= 4 is 41.5 Å². The van der Waals surface area contributed by atoms with Gasteiger partial charge in [-0.3, -0.25) is 14.7 Å². The summed E-state index contributed by atoms with van der Waals surface area (Å²) >= 11 is 0. The van der Waals surface area contributed by atoms with Gasteiger partial charge in [-0.25, -0.2) is 0 Å². The Morgan fingerprint density at radius 2 is 2.00 bits per heavy atom. The molecule has 7 nitrogen and oxygen atoms in total. The largest absolute Gasteiger partial charge is 0.573 e. The maximum absolute atomic E-state index is 12.2. The first kappa shape index (κ1) is 25.3. The fraction of sp³-hybridized carbons (Fsp3) is 0.556. The molecule has 2 rings (SSSR count). The normalized spacial score (nSPS) is 17.6. The van der Waals surface area contributed by atoms with Crippen molar-refractivity contribution in [2.45, 2.75) is 31.7 Å². The minimum absolute atomic E-state index is 0. The van der Waals surface area contributed by atoms with E-state index in [0.29, 0.717) is 12.2 Å². The molecule has 1 fully saturated rings. The fourth-order valence-electron chi connectivity index (χ4n) is 3.07. The number of halogens is 4. The van der Waals surface area contributed by atoms with E-state index in [1.54, 1.807) is 19.0 Å². The first-order valence-electron chi connectivity index (χ1n) is 9.03. The number of nitrogens with two attached hydrogens (primary N) is 1. The van der Waals surface area contributed by atoms with Crippen molar-refractivity contribution in [3.63, 3.8) is 0 Å². The van der Waals surface area contributed by atoms with E-state index in [2.05, 4.69) is 19.9 Å². The Balaban J connectivity index is 0.00000420. The summed E-state index contributed by atoms with van der Waals surface area (Å²) < 4.78 is 40.2. The molecule has 1 heterocycles. The van der Waals surface area contributed by atoms with Gasteiger partial charge in [0, 0.05) is 32.9 Å². The summed E-state index contributed by atoms with van der Waals surface area (Å²) in [6, 6.07) is 5.17. The zero-order valence-electron chi connectivity index (χ0n) is 16.4. The van der Waals surface area contributed by atoms with Gasteiger partial charge in [0.05, 0.1) is 6.04 Å². The Morgan fingerprint density at radius 3 is 2.59 bits per heavy atom. The lowest BCUT2D eigenvalue weighted by molar-refractivity contribution is -0.274. The smallest absolute Gasteiger partial charge is 0.406 e. The van der Waals surface area contributed by atoms with Gasteiger partial charge in [0.2, 0.25) is 5.91 Å². The van der Waals surface area contributed by atoms with Crippen molar-refractivity contribution in [1.29, 1.82) is 0 Å². The van der Waals surface area contributed by atoms with Gasteiger partial charge in [0.15, 0.2) is 5.96 Å². The Hall–Kier alpha value is -1.76. The van der Waals surface area contributed by atoms with Crippen molar-refractivity contribution in [3.05, 3.63) is 24.3 Å². The molecule has 1 aromatic carbocycles. The Morgan fingerprint density at radius 1 is 1.34 bits per heavy atom. The minimum atomic E-state index is -4.72. The second-order valence-corrected chi connectivity index (χ2v) is 6.74. The van der Waals surface area contributed by atoms with Crippen molar-refractivity contribution in [1.82, 2.24) is 9.80 Å². The van der Waals surface area contributed by atoms with E-state index < -0.39 is 6.36 Å². The summed E-state index contributed by atoms with van der Waals surface area (Å²) in [6.07, 6.45) is -2.10. The molecular weight excluding hydrogens is 502 g/mol. The number of likely N-dealkylation sites (N-methyl/N-ethyl adjacent to an activating group) is 1. The molecule has 1 aromatic rings. The van der Waals surface area contributed by atoms with Crippen LogP contribution in [0.25, 0.3) is 0 Å². The van der Waals surface area contributed by atoms with E-state index in [1.165, 1.54) is 24.3 Å². The van der Waals surface area contributed by atoms with E-state index in [4.69, 9.17) is 5.73 Å². The Bertz CT molecular complexity index is 683. The van der Waals surface area contributed by atoms with Crippen molar-refractivity contribution < 1.29 is 22.7 Å². The number of rotatable bonds is 7. The molecule has 1 amide bonds. The number of hydrogen-bond acceptors (Lipinski definition) is 4. The lowest BCUT2D eigenvalue weighted by Crippen LogP contribution is -2.43. The van der Waals surface area contributed by atoms with Gasteiger partial charge in [-0.2, -0.15) is 0 Å². The lowest BCUT2D eigenvalue weighted by atomic mass is 10.2. The van der Waals surface area contributed by atoms with E-state index in [1.807, 2.05) is 0 Å². The zero-order valence-corrected chi connectivity index (χ0v) is 18.7. The summed E-state index contributed by atoms with van der Waals surface area (Å²) in [4.78, 5) is 20.2. The highest BCUT2D eigenvalue weighted by atomic mass is 127. The summed E-state index contributed by atoms with van der Waals surface area (Å²) in [6.45, 7) is 2.13. The molecule has 1 saturated heterocycles. The number of carbonyl (C=O) groups is 1. The van der Waals surface area contributed by atoms with Crippen molar-refractivity contribution in [2.75, 3.05) is 39.0 Å². The summed E-state index contributed by atoms with van der Waals surface area (Å²) in [7, 11) is 3.52. The molecule has 29 heavy (non-hydrogen) atoms. The number of aliphatic imine (C=N–C) groups is 1. The molecule has 11 heteroatoms. The fourth-order valence-corrected chi connectivity index (χ4v) is 3.07. The lowest BCUT2D eigenvalue weighted by Gasteiger charge is -2.25. The third-order valence-corrected chi connectivity index (χ3v) is 4.34. The molecule has 0 aromatic heterocycles. The number of guanidine groups is 1. The quantitative estimate of drug-likeness (QED) is 0.246. The number of alkyl halides is 3. The van der Waals surface area contributed by atoms with Crippen LogP contribution in [0, 0.1) is 0 Å². The van der Waals surface area contributed by atoms with Crippen LogP contribution in [0.5, 0.6) is 5.75 Å². The van der Waals surface area contributed by atoms with Crippen molar-refractivity contribution in [3.8, 4) is 5.75 Å². The molecule has 0 saturated carbocycles. The maximum Gasteiger partial charge on any atom is 0.573 e. The highest BCUT2D eigenvalue weighted by molar-refractivity contribution is 14.0. The molecule has 1 unspecified atom stereocenters. The number of ether oxygens (including phenoxy) is 1. The molecule has 0 aliphatic carbocycles. The van der Waals surface area contributed by atoms with Crippen LogP contribution in [-0.4, -0.2) is 67.8 Å². The third kappa shape index (κ3) is 8.64. The van der Waals surface area contributed by atoms with Gasteiger partial charge < -0.3 is 20.7 Å². The number of hydrogen-bond donors (Lipinski definition) is 2. The Kier molecular flexibility index (Phi) is 9.96. The third-order valence-electron chi connectivity index (χ3n) is 4.34. The number of amides is 1. The van der Waals surface area contributed by atoms with Gasteiger partial charge in [-0.15, -0.1) is 37.1 Å². The van der Waals surface area contributed by atoms with Gasteiger partial charge in [0.25, 0.3) is 0 Å². The zero-order chi connectivity index (χ0) is 20.7. The number of carbonyl (C=O) groups excluding carboxylic acids is 1. The first-order valence-corrected chi connectivity index (χ1v) is 9.03. The van der Waals surface area contributed by atoms with Crippen LogP contribution >= 0.6 is 24.0 Å². The number of benzene rings is 1. The monoisotopic (exact) mass is 529 g/mol. The van der Waals surface area contributed by atoms with Crippen LogP contribution in [0.4, 0.5) is 18.9 Å². The van der Waals surface area contributed by atoms with E-state index in [-0.39, 0.29) is 47.6 Å². The van der Waals surface area contributed by atoms with Gasteiger partial charge in [-0.05, 0) is 50.1 Å². The summed E-state index contributed by atoms with van der Waals surface area (Å²) in [5.41, 5.74) is 6.31. The SMILES string of the molecule is CN(C)C(=O)C1CCCN1CCCN=C(N)Nc1ccc(OC(F)(F)F)cc1.I. The van der Waals surface area contributed by atoms with Gasteiger partial charge in [0.1, 0.15) is 5.75 Å². The molecule has 0 radical (unpaired) electrons. The summed E-state index contributed by atoms with van der Waals surface area (Å²) in [5, 5.41) is 2.82. The molecule has 0 bridgehead atoms. The van der Waals surface area contributed by atoms with Crippen LogP contribution in [0.1, 0.15) is 19.3 Å². The van der Waals surface area contributed by atoms with Crippen LogP contribution in [0.3, 0.4) is 0 Å². The molecule has 3 N–H and O–H groups in total. The average molecular weight is 529 g/mol. The number of nitrogens with one attached hydrogen (secondary N) is 1. The molecule has 0 spiro atoms. The van der Waals surface area contributed by atoms with E-state index in [0.717, 1.165) is 32.4 Å². The minimum Gasteiger partial charge on any atom is -0.406 e. The molecule has 1 aliphatic rings. The highest BCUT2D eigenvalue weighted by Crippen LogP contribution is 2.24. The van der Waals surface area contributed by atoms with Crippen LogP contribution in [-0.2, 0) is 4.79 Å². The molecule has 1 atom stereocenters. The molecular formula is C18H27F3IN5O2. The molecule has 164 valence electrons. The second kappa shape index (κ2) is 11.4. The Labute approximate surface area is 185 Å². The summed E-state index contributed by atoms with van der Waals surface area (Å²) in [5.74, 6) is -0.00652. The van der Waals surface area contributed by atoms with E-state index in [9.17, 15) is 18.0 Å². The van der Waals surface area contributed by atoms with Crippen LogP contribution < -0.4 is 15.8 Å². The van der Waals surface area contributed by atoms with Crippen molar-refractivity contribution in [2.24, 2.45) is 10.7 Å². The second-order valence-electron chi connectivity index (χ2n) is 6.74. The number of anilines is 1. The highest BCUT2D eigenvalue weighted by Gasteiger charge is 2.31. The van der Waals surface area contributed by atoms with Gasteiger partial charge >= 0.3 is 6.36 Å². The predicted octanol–water partition coefficient (Wildman–Crippen LogP) is 2.87. The first-order chi connectivity index (χ1) is 13.2.